The van der Waals surface area contributed by atoms with Crippen LogP contribution in [0.15, 0.2) is 15.3 Å². The van der Waals surface area contributed by atoms with Crippen molar-refractivity contribution >= 4 is 21.8 Å². The topological polar surface area (TPSA) is 51.1 Å². The molecular weight excluding hydrogens is 346 g/mol. The van der Waals surface area contributed by atoms with Crippen LogP contribution in [0.4, 0.5) is 8.78 Å². The Labute approximate surface area is 127 Å². The van der Waals surface area contributed by atoms with Gasteiger partial charge in [0.15, 0.2) is 0 Å². The van der Waals surface area contributed by atoms with Crippen LogP contribution in [0.1, 0.15) is 41.7 Å². The number of nitrogens with zero attached hydrogens (tertiary/aromatic N) is 1. The van der Waals surface area contributed by atoms with E-state index in [2.05, 4.69) is 21.2 Å². The molecule has 0 radical (unpaired) electrons. The van der Waals surface area contributed by atoms with E-state index in [1.807, 2.05) is 0 Å². The number of aromatic nitrogens is 1. The molecule has 2 aliphatic carbocycles. The molecule has 1 N–H and O–H groups in total. The minimum atomic E-state index is -2.59. The van der Waals surface area contributed by atoms with E-state index in [0.29, 0.717) is 28.6 Å². The Hall–Kier alpha value is -1.24. The summed E-state index contributed by atoms with van der Waals surface area (Å²) < 4.78 is 28.2. The molecule has 2 heterocycles. The number of halogens is 3. The van der Waals surface area contributed by atoms with Crippen LogP contribution >= 0.6 is 15.9 Å². The summed E-state index contributed by atoms with van der Waals surface area (Å²) in [4.78, 5) is 24.6. The highest BCUT2D eigenvalue weighted by molar-refractivity contribution is 9.10. The number of fused-ring (bicyclic) bond motifs is 2. The fourth-order valence-electron chi connectivity index (χ4n) is 4.45. The third kappa shape index (κ3) is 1.58. The summed E-state index contributed by atoms with van der Waals surface area (Å²) in [6.45, 7) is 1.76. The summed E-state index contributed by atoms with van der Waals surface area (Å²) in [6, 6.07) is 1.62. The number of aryl methyl sites for hydroxylation is 1. The zero-order valence-electron chi connectivity index (χ0n) is 11.3. The molecule has 1 aromatic heterocycles. The third-order valence-corrected chi connectivity index (χ3v) is 5.51. The van der Waals surface area contributed by atoms with Gasteiger partial charge in [-0.2, -0.15) is 0 Å². The van der Waals surface area contributed by atoms with Gasteiger partial charge in [0, 0.05) is 12.8 Å². The highest BCUT2D eigenvalue weighted by Gasteiger charge is 2.69. The quantitative estimate of drug-likeness (QED) is 0.774. The van der Waals surface area contributed by atoms with Crippen molar-refractivity contribution in [2.45, 2.75) is 44.2 Å². The van der Waals surface area contributed by atoms with Gasteiger partial charge in [-0.05, 0) is 52.7 Å². The van der Waals surface area contributed by atoms with Crippen LogP contribution in [0.5, 0.6) is 0 Å². The molecular formula is C14H13BrF2N2O2. The predicted octanol–water partition coefficient (Wildman–Crippen LogP) is 2.52. The summed E-state index contributed by atoms with van der Waals surface area (Å²) in [7, 11) is 0. The molecule has 3 aliphatic rings. The molecule has 112 valence electrons. The minimum Gasteiger partial charge on any atom is -0.327 e. The second kappa shape index (κ2) is 3.56. The smallest absolute Gasteiger partial charge is 0.270 e. The minimum absolute atomic E-state index is 0.144. The Morgan fingerprint density at radius 2 is 1.86 bits per heavy atom. The lowest BCUT2D eigenvalue weighted by molar-refractivity contribution is -0.228. The second-order valence-electron chi connectivity index (χ2n) is 6.71. The van der Waals surface area contributed by atoms with Crippen LogP contribution in [0.25, 0.3) is 0 Å². The first-order chi connectivity index (χ1) is 9.67. The van der Waals surface area contributed by atoms with Gasteiger partial charge in [0.2, 0.25) is 5.92 Å². The molecule has 21 heavy (non-hydrogen) atoms. The number of carbonyl (C=O) groups excluding carboxylic acids is 1. The second-order valence-corrected chi connectivity index (χ2v) is 7.57. The first kappa shape index (κ1) is 13.4. The maximum Gasteiger partial charge on any atom is 0.270 e. The average molecular weight is 359 g/mol. The highest BCUT2D eigenvalue weighted by Crippen LogP contribution is 2.67. The Bertz CT molecular complexity index is 740. The molecule has 4 rings (SSSR count). The molecule has 2 fully saturated rings. The number of rotatable bonds is 0. The maximum absolute atomic E-state index is 13.1. The number of hydrogen-bond acceptors (Lipinski definition) is 2. The van der Waals surface area contributed by atoms with Gasteiger partial charge < -0.3 is 5.32 Å². The van der Waals surface area contributed by atoms with Crippen molar-refractivity contribution in [3.8, 4) is 0 Å². The van der Waals surface area contributed by atoms with Gasteiger partial charge in [-0.1, -0.05) is 0 Å². The van der Waals surface area contributed by atoms with Gasteiger partial charge in [0.05, 0.1) is 4.47 Å². The van der Waals surface area contributed by atoms with Gasteiger partial charge in [-0.15, -0.1) is 0 Å². The van der Waals surface area contributed by atoms with Crippen LogP contribution in [-0.2, 0) is 5.66 Å². The molecule has 0 aromatic carbocycles. The molecule has 2 spiro atoms. The molecule has 0 bridgehead atoms. The van der Waals surface area contributed by atoms with Crippen molar-refractivity contribution in [2.75, 3.05) is 0 Å². The van der Waals surface area contributed by atoms with Crippen molar-refractivity contribution < 1.29 is 13.6 Å². The van der Waals surface area contributed by atoms with Gasteiger partial charge in [0.1, 0.15) is 11.4 Å². The number of nitrogens with one attached hydrogen (secondary N) is 1. The summed E-state index contributed by atoms with van der Waals surface area (Å²) in [6.07, 6.45) is 0.525. The van der Waals surface area contributed by atoms with E-state index in [9.17, 15) is 18.4 Å². The zero-order chi connectivity index (χ0) is 15.2. The molecule has 1 amide bonds. The molecule has 7 heteroatoms. The third-order valence-electron chi connectivity index (χ3n) is 4.94. The summed E-state index contributed by atoms with van der Waals surface area (Å²) in [5.41, 5.74) is -0.461. The summed E-state index contributed by atoms with van der Waals surface area (Å²) >= 11 is 3.21. The SMILES string of the molecule is Cc1cc(Br)c(=O)n2c1C(=O)NC21CC2(CC(F)(F)C2)C1. The lowest BCUT2D eigenvalue weighted by Gasteiger charge is -2.61. The Balaban J connectivity index is 1.78. The molecule has 0 unspecified atom stereocenters. The van der Waals surface area contributed by atoms with Crippen molar-refractivity contribution in [3.05, 3.63) is 32.2 Å². The number of hydrogen-bond donors (Lipinski definition) is 1. The molecule has 1 aliphatic heterocycles. The van der Waals surface area contributed by atoms with Crippen molar-refractivity contribution in [3.63, 3.8) is 0 Å². The van der Waals surface area contributed by atoms with E-state index in [0.717, 1.165) is 0 Å². The number of carbonyl (C=O) groups is 1. The van der Waals surface area contributed by atoms with Crippen molar-refractivity contribution in [2.24, 2.45) is 5.41 Å². The molecule has 0 atom stereocenters. The van der Waals surface area contributed by atoms with E-state index < -0.39 is 17.0 Å². The Morgan fingerprint density at radius 3 is 2.43 bits per heavy atom. The normalized spacial score (nSPS) is 26.2. The number of amides is 1. The first-order valence-corrected chi connectivity index (χ1v) is 7.59. The average Bonchev–Trinajstić information content (AvgIpc) is 2.57. The zero-order valence-corrected chi connectivity index (χ0v) is 12.9. The van der Waals surface area contributed by atoms with E-state index in [1.54, 1.807) is 13.0 Å². The van der Waals surface area contributed by atoms with E-state index in [4.69, 9.17) is 0 Å². The van der Waals surface area contributed by atoms with Crippen LogP contribution in [-0.4, -0.2) is 16.4 Å². The highest BCUT2D eigenvalue weighted by atomic mass is 79.9. The standard InChI is InChI=1S/C14H13BrF2N2O2/c1-7-2-8(15)11(21)19-9(7)10(20)18-14(19)5-12(6-14)3-13(16,17)4-12/h2H,3-6H2,1H3,(H,18,20). The molecule has 4 nitrogen and oxygen atoms in total. The van der Waals surface area contributed by atoms with Crippen molar-refractivity contribution in [1.29, 1.82) is 0 Å². The van der Waals surface area contributed by atoms with Gasteiger partial charge >= 0.3 is 0 Å². The van der Waals surface area contributed by atoms with E-state index in [-0.39, 0.29) is 24.3 Å². The lowest BCUT2D eigenvalue weighted by Crippen LogP contribution is -2.67. The molecule has 1 aromatic rings. The fourth-order valence-corrected chi connectivity index (χ4v) is 4.97. The van der Waals surface area contributed by atoms with Crippen LogP contribution < -0.4 is 10.9 Å². The Kier molecular flexibility index (Phi) is 2.28. The van der Waals surface area contributed by atoms with Crippen LogP contribution in [0, 0.1) is 12.3 Å². The predicted molar refractivity (Wildman–Crippen MR) is 74.4 cm³/mol. The van der Waals surface area contributed by atoms with Gasteiger partial charge in [-0.25, -0.2) is 8.78 Å². The number of pyridine rings is 1. The Morgan fingerprint density at radius 1 is 1.24 bits per heavy atom. The first-order valence-electron chi connectivity index (χ1n) is 6.80. The number of alkyl halides is 2. The summed E-state index contributed by atoms with van der Waals surface area (Å²) in [5.74, 6) is -2.89. The van der Waals surface area contributed by atoms with Gasteiger partial charge in [-0.3, -0.25) is 14.2 Å². The molecule has 0 saturated heterocycles. The lowest BCUT2D eigenvalue weighted by atomic mass is 9.50. The molecule has 2 saturated carbocycles. The fraction of sp³-hybridized carbons (Fsp3) is 0.571. The van der Waals surface area contributed by atoms with Crippen molar-refractivity contribution in [1.82, 2.24) is 9.88 Å². The van der Waals surface area contributed by atoms with E-state index >= 15 is 0 Å². The maximum atomic E-state index is 13.1. The van der Waals surface area contributed by atoms with Crippen LogP contribution in [0.2, 0.25) is 0 Å². The van der Waals surface area contributed by atoms with Crippen LogP contribution in [0.3, 0.4) is 0 Å². The van der Waals surface area contributed by atoms with Gasteiger partial charge in [0.25, 0.3) is 11.5 Å². The van der Waals surface area contributed by atoms with E-state index in [1.165, 1.54) is 4.57 Å². The summed E-state index contributed by atoms with van der Waals surface area (Å²) in [5, 5.41) is 2.85. The largest absolute Gasteiger partial charge is 0.327 e. The monoisotopic (exact) mass is 358 g/mol.